The standard InChI is InChI=1S/C20H29N3O/c1-16(2)24-20-7-6-18(15-19(20)21)5-4-13-23(3)14-10-17-8-11-22-12-9-17/h6-9,11-12,15-16H,4-5,10,13-14,21H2,1-3H3. The number of hydrogen-bond donors (Lipinski definition) is 1. The maximum Gasteiger partial charge on any atom is 0.142 e. The minimum Gasteiger partial charge on any atom is -0.489 e. The minimum atomic E-state index is 0.146. The third kappa shape index (κ3) is 6.20. The van der Waals surface area contributed by atoms with Crippen LogP contribution in [0.2, 0.25) is 0 Å². The Labute approximate surface area is 145 Å². The molecule has 0 spiro atoms. The minimum absolute atomic E-state index is 0.146. The molecule has 1 aromatic carbocycles. The molecule has 0 fully saturated rings. The first-order valence-corrected chi connectivity index (χ1v) is 8.67. The smallest absolute Gasteiger partial charge is 0.142 e. The summed E-state index contributed by atoms with van der Waals surface area (Å²) >= 11 is 0. The molecule has 2 aromatic rings. The molecule has 0 radical (unpaired) electrons. The van der Waals surface area contributed by atoms with Crippen LogP contribution in [0.3, 0.4) is 0 Å². The second-order valence-corrected chi connectivity index (χ2v) is 6.55. The van der Waals surface area contributed by atoms with Gasteiger partial charge < -0.3 is 15.4 Å². The predicted octanol–water partition coefficient (Wildman–Crippen LogP) is 3.56. The Kier molecular flexibility index (Phi) is 7.07. The van der Waals surface area contributed by atoms with Crippen molar-refractivity contribution in [3.8, 4) is 5.75 Å². The van der Waals surface area contributed by atoms with Crippen molar-refractivity contribution in [1.29, 1.82) is 0 Å². The second kappa shape index (κ2) is 9.28. The van der Waals surface area contributed by atoms with Crippen molar-refractivity contribution in [2.75, 3.05) is 25.9 Å². The number of aromatic nitrogens is 1. The van der Waals surface area contributed by atoms with Gasteiger partial charge in [0, 0.05) is 18.9 Å². The molecule has 0 saturated carbocycles. The van der Waals surface area contributed by atoms with E-state index >= 15 is 0 Å². The van der Waals surface area contributed by atoms with Gasteiger partial charge in [0.2, 0.25) is 0 Å². The lowest BCUT2D eigenvalue weighted by Crippen LogP contribution is -2.22. The van der Waals surface area contributed by atoms with Gasteiger partial charge in [-0.3, -0.25) is 4.98 Å². The monoisotopic (exact) mass is 327 g/mol. The fourth-order valence-electron chi connectivity index (χ4n) is 2.65. The van der Waals surface area contributed by atoms with Crippen molar-refractivity contribution >= 4 is 5.69 Å². The van der Waals surface area contributed by atoms with Crippen LogP contribution in [0.1, 0.15) is 31.4 Å². The number of benzene rings is 1. The average molecular weight is 327 g/mol. The van der Waals surface area contributed by atoms with Crippen LogP contribution in [0.15, 0.2) is 42.7 Å². The number of hydrogen-bond acceptors (Lipinski definition) is 4. The number of anilines is 1. The van der Waals surface area contributed by atoms with E-state index in [4.69, 9.17) is 10.5 Å². The van der Waals surface area contributed by atoms with Crippen LogP contribution in [0, 0.1) is 0 Å². The number of rotatable bonds is 9. The predicted molar refractivity (Wildman–Crippen MR) is 100 cm³/mol. The summed E-state index contributed by atoms with van der Waals surface area (Å²) in [5.41, 5.74) is 9.41. The molecule has 24 heavy (non-hydrogen) atoms. The van der Waals surface area contributed by atoms with E-state index in [1.54, 1.807) is 0 Å². The van der Waals surface area contributed by atoms with E-state index < -0.39 is 0 Å². The van der Waals surface area contributed by atoms with Crippen LogP contribution in [-0.2, 0) is 12.8 Å². The normalized spacial score (nSPS) is 11.2. The van der Waals surface area contributed by atoms with Gasteiger partial charge in [0.25, 0.3) is 0 Å². The number of likely N-dealkylation sites (N-methyl/N-ethyl adjacent to an activating group) is 1. The van der Waals surface area contributed by atoms with Crippen molar-refractivity contribution < 1.29 is 4.74 Å². The molecule has 0 atom stereocenters. The van der Waals surface area contributed by atoms with Crippen LogP contribution >= 0.6 is 0 Å². The Hall–Kier alpha value is -2.07. The Morgan fingerprint density at radius 1 is 1.04 bits per heavy atom. The molecular weight excluding hydrogens is 298 g/mol. The third-order valence-corrected chi connectivity index (χ3v) is 3.97. The maximum atomic E-state index is 6.07. The summed E-state index contributed by atoms with van der Waals surface area (Å²) in [6.07, 6.45) is 7.07. The van der Waals surface area contributed by atoms with E-state index in [1.165, 1.54) is 11.1 Å². The van der Waals surface area contributed by atoms with Gasteiger partial charge in [-0.05, 0) is 82.1 Å². The molecule has 2 N–H and O–H groups in total. The molecule has 4 heteroatoms. The summed E-state index contributed by atoms with van der Waals surface area (Å²) in [6, 6.07) is 10.3. The molecule has 0 bridgehead atoms. The fourth-order valence-corrected chi connectivity index (χ4v) is 2.65. The van der Waals surface area contributed by atoms with Crippen LogP contribution < -0.4 is 10.5 Å². The summed E-state index contributed by atoms with van der Waals surface area (Å²) in [5, 5.41) is 0. The molecule has 0 aliphatic heterocycles. The van der Waals surface area contributed by atoms with Crippen molar-refractivity contribution in [1.82, 2.24) is 9.88 Å². The first kappa shape index (κ1) is 18.3. The van der Waals surface area contributed by atoms with Gasteiger partial charge in [-0.1, -0.05) is 6.07 Å². The summed E-state index contributed by atoms with van der Waals surface area (Å²) < 4.78 is 5.68. The largest absolute Gasteiger partial charge is 0.489 e. The summed E-state index contributed by atoms with van der Waals surface area (Å²) in [5.74, 6) is 0.781. The van der Waals surface area contributed by atoms with E-state index in [0.717, 1.165) is 43.8 Å². The van der Waals surface area contributed by atoms with Gasteiger partial charge in [0.15, 0.2) is 0 Å². The second-order valence-electron chi connectivity index (χ2n) is 6.55. The maximum absolute atomic E-state index is 6.07. The topological polar surface area (TPSA) is 51.4 Å². The van der Waals surface area contributed by atoms with E-state index in [1.807, 2.05) is 38.4 Å². The Morgan fingerprint density at radius 3 is 2.46 bits per heavy atom. The lowest BCUT2D eigenvalue weighted by atomic mass is 10.1. The van der Waals surface area contributed by atoms with Gasteiger partial charge in [0.05, 0.1) is 11.8 Å². The van der Waals surface area contributed by atoms with Gasteiger partial charge >= 0.3 is 0 Å². The summed E-state index contributed by atoms with van der Waals surface area (Å²) in [6.45, 7) is 6.16. The molecule has 130 valence electrons. The fraction of sp³-hybridized carbons (Fsp3) is 0.450. The highest BCUT2D eigenvalue weighted by Gasteiger charge is 2.05. The van der Waals surface area contributed by atoms with Crippen LogP contribution in [0.5, 0.6) is 5.75 Å². The highest BCUT2D eigenvalue weighted by atomic mass is 16.5. The van der Waals surface area contributed by atoms with Crippen molar-refractivity contribution in [3.63, 3.8) is 0 Å². The lowest BCUT2D eigenvalue weighted by molar-refractivity contribution is 0.244. The quantitative estimate of drug-likeness (QED) is 0.716. The molecule has 0 aliphatic carbocycles. The number of nitrogen functional groups attached to an aromatic ring is 1. The highest BCUT2D eigenvalue weighted by molar-refractivity contribution is 5.54. The van der Waals surface area contributed by atoms with Gasteiger partial charge in [-0.15, -0.1) is 0 Å². The highest BCUT2D eigenvalue weighted by Crippen LogP contribution is 2.24. The zero-order valence-electron chi connectivity index (χ0n) is 15.0. The van der Waals surface area contributed by atoms with Crippen LogP contribution in [0.4, 0.5) is 5.69 Å². The number of nitrogens with two attached hydrogens (primary N) is 1. The number of pyridine rings is 1. The van der Waals surface area contributed by atoms with Gasteiger partial charge in [-0.25, -0.2) is 0 Å². The number of ether oxygens (including phenoxy) is 1. The SMILES string of the molecule is CC(C)Oc1ccc(CCCN(C)CCc2ccncc2)cc1N. The average Bonchev–Trinajstić information content (AvgIpc) is 2.56. The first-order chi connectivity index (χ1) is 11.5. The molecule has 4 nitrogen and oxygen atoms in total. The zero-order chi connectivity index (χ0) is 17.4. The summed E-state index contributed by atoms with van der Waals surface area (Å²) in [4.78, 5) is 6.43. The molecule has 0 unspecified atom stereocenters. The van der Waals surface area contributed by atoms with Crippen molar-refractivity contribution in [2.45, 2.75) is 39.2 Å². The molecule has 0 saturated heterocycles. The first-order valence-electron chi connectivity index (χ1n) is 8.67. The molecule has 2 rings (SSSR count). The van der Waals surface area contributed by atoms with Gasteiger partial charge in [0.1, 0.15) is 5.75 Å². The molecule has 1 aromatic heterocycles. The number of nitrogens with zero attached hydrogens (tertiary/aromatic N) is 2. The van der Waals surface area contributed by atoms with Gasteiger partial charge in [-0.2, -0.15) is 0 Å². The van der Waals surface area contributed by atoms with E-state index in [0.29, 0.717) is 0 Å². The Morgan fingerprint density at radius 2 is 1.79 bits per heavy atom. The molecular formula is C20H29N3O. The van der Waals surface area contributed by atoms with Crippen LogP contribution in [0.25, 0.3) is 0 Å². The van der Waals surface area contributed by atoms with E-state index in [9.17, 15) is 0 Å². The van der Waals surface area contributed by atoms with Crippen LogP contribution in [-0.4, -0.2) is 36.1 Å². The Bertz CT molecular complexity index is 614. The van der Waals surface area contributed by atoms with E-state index in [-0.39, 0.29) is 6.10 Å². The van der Waals surface area contributed by atoms with Crippen molar-refractivity contribution in [3.05, 3.63) is 53.9 Å². The molecule has 0 amide bonds. The summed E-state index contributed by atoms with van der Waals surface area (Å²) in [7, 11) is 2.18. The third-order valence-electron chi connectivity index (χ3n) is 3.97. The van der Waals surface area contributed by atoms with E-state index in [2.05, 4.69) is 35.1 Å². The number of aryl methyl sites for hydroxylation is 1. The molecule has 1 heterocycles. The lowest BCUT2D eigenvalue weighted by Gasteiger charge is -2.17. The Balaban J connectivity index is 1.72. The zero-order valence-corrected chi connectivity index (χ0v) is 15.0. The molecule has 0 aliphatic rings. The van der Waals surface area contributed by atoms with Crippen molar-refractivity contribution in [2.24, 2.45) is 0 Å².